The summed E-state index contributed by atoms with van der Waals surface area (Å²) in [5.41, 5.74) is -0.196. The number of aliphatic carboxylic acids is 1. The fraction of sp³-hybridized carbons (Fsp3) is 0.692. The molecule has 0 radical (unpaired) electrons. The van der Waals surface area contributed by atoms with Crippen LogP contribution in [0.25, 0.3) is 0 Å². The van der Waals surface area contributed by atoms with Gasteiger partial charge in [0.2, 0.25) is 0 Å². The molecule has 3 N–H and O–H groups in total. The number of carboxylic acids is 1. The lowest BCUT2D eigenvalue weighted by Gasteiger charge is -2.28. The van der Waals surface area contributed by atoms with Crippen LogP contribution in [0.5, 0.6) is 0 Å². The summed E-state index contributed by atoms with van der Waals surface area (Å²) in [5.74, 6) is -1.79. The highest BCUT2D eigenvalue weighted by Crippen LogP contribution is 2.18. The number of ether oxygens (including phenoxy) is 2. The molecule has 0 amide bonds. The van der Waals surface area contributed by atoms with Crippen molar-refractivity contribution in [3.63, 3.8) is 0 Å². The standard InChI is InChI=1S/C13H22O7/c1-10(2)5-19-8-13(6-14,7-15)9-20-12(18)4-3-11(16)17/h5,14-15H,3-4,6-9H2,1-2H3,(H,16,17). The van der Waals surface area contributed by atoms with Crippen LogP contribution in [0.4, 0.5) is 0 Å². The van der Waals surface area contributed by atoms with Gasteiger partial charge in [-0.25, -0.2) is 0 Å². The summed E-state index contributed by atoms with van der Waals surface area (Å²) in [7, 11) is 0. The van der Waals surface area contributed by atoms with E-state index in [4.69, 9.17) is 14.6 Å². The molecule has 0 aliphatic carbocycles. The normalized spacial score (nSPS) is 10.8. The SMILES string of the molecule is CC(C)=COCC(CO)(CO)COC(=O)CCC(=O)O. The fourth-order valence-electron chi connectivity index (χ4n) is 1.17. The monoisotopic (exact) mass is 290 g/mol. The summed E-state index contributed by atoms with van der Waals surface area (Å²) in [6, 6.07) is 0. The van der Waals surface area contributed by atoms with Gasteiger partial charge in [-0.15, -0.1) is 0 Å². The number of hydrogen-bond donors (Lipinski definition) is 3. The zero-order valence-electron chi connectivity index (χ0n) is 11.8. The molecule has 0 rings (SSSR count). The van der Waals surface area contributed by atoms with E-state index in [2.05, 4.69) is 0 Å². The van der Waals surface area contributed by atoms with Crippen molar-refractivity contribution in [2.24, 2.45) is 5.41 Å². The molecule has 0 bridgehead atoms. The van der Waals surface area contributed by atoms with Crippen molar-refractivity contribution in [3.05, 3.63) is 11.8 Å². The molecule has 0 aromatic rings. The van der Waals surface area contributed by atoms with Crippen molar-refractivity contribution in [1.82, 2.24) is 0 Å². The molecule has 0 aliphatic heterocycles. The van der Waals surface area contributed by atoms with E-state index in [1.165, 1.54) is 6.26 Å². The van der Waals surface area contributed by atoms with Crippen molar-refractivity contribution < 1.29 is 34.4 Å². The number of carboxylic acid groups (broad SMARTS) is 1. The number of esters is 1. The summed E-state index contributed by atoms with van der Waals surface area (Å²) in [4.78, 5) is 21.6. The maximum absolute atomic E-state index is 11.3. The fourth-order valence-corrected chi connectivity index (χ4v) is 1.17. The predicted molar refractivity (Wildman–Crippen MR) is 69.8 cm³/mol. The van der Waals surface area contributed by atoms with Crippen LogP contribution in [0.2, 0.25) is 0 Å². The van der Waals surface area contributed by atoms with Gasteiger partial charge in [0.05, 0.1) is 37.7 Å². The lowest BCUT2D eigenvalue weighted by Crippen LogP contribution is -2.40. The Morgan fingerprint density at radius 2 is 1.70 bits per heavy atom. The number of rotatable bonds is 10. The van der Waals surface area contributed by atoms with Crippen molar-refractivity contribution in [1.29, 1.82) is 0 Å². The minimum absolute atomic E-state index is 0.0165. The Morgan fingerprint density at radius 3 is 2.15 bits per heavy atom. The van der Waals surface area contributed by atoms with Gasteiger partial charge in [-0.1, -0.05) is 0 Å². The zero-order chi connectivity index (χ0) is 15.6. The van der Waals surface area contributed by atoms with Crippen molar-refractivity contribution in [2.45, 2.75) is 26.7 Å². The second kappa shape index (κ2) is 9.33. The summed E-state index contributed by atoms with van der Waals surface area (Å²) < 4.78 is 10.1. The molecular weight excluding hydrogens is 268 g/mol. The Labute approximate surface area is 117 Å². The van der Waals surface area contributed by atoms with Crippen LogP contribution >= 0.6 is 0 Å². The number of hydrogen-bond acceptors (Lipinski definition) is 6. The first kappa shape index (κ1) is 18.4. The molecule has 0 heterocycles. The summed E-state index contributed by atoms with van der Waals surface area (Å²) in [6.07, 6.45) is 0.905. The van der Waals surface area contributed by atoms with E-state index in [-0.39, 0.29) is 26.1 Å². The molecule has 7 heteroatoms. The number of aliphatic hydroxyl groups is 2. The average Bonchev–Trinajstić information content (AvgIpc) is 2.40. The van der Waals surface area contributed by atoms with Gasteiger partial charge >= 0.3 is 11.9 Å². The van der Waals surface area contributed by atoms with Gasteiger partial charge in [0.25, 0.3) is 0 Å². The maximum Gasteiger partial charge on any atom is 0.306 e. The van der Waals surface area contributed by atoms with E-state index in [1.54, 1.807) is 0 Å². The second-order valence-electron chi connectivity index (χ2n) is 4.88. The third-order valence-corrected chi connectivity index (χ3v) is 2.46. The van der Waals surface area contributed by atoms with E-state index in [0.717, 1.165) is 5.57 Å². The molecule has 0 aromatic heterocycles. The van der Waals surface area contributed by atoms with Gasteiger partial charge in [0.1, 0.15) is 13.2 Å². The predicted octanol–water partition coefficient (Wildman–Crippen LogP) is 0.306. The molecule has 0 aromatic carbocycles. The van der Waals surface area contributed by atoms with Crippen LogP contribution in [-0.2, 0) is 19.1 Å². The lowest BCUT2D eigenvalue weighted by atomic mass is 9.92. The third-order valence-electron chi connectivity index (χ3n) is 2.46. The third kappa shape index (κ3) is 7.75. The Bertz CT molecular complexity index is 341. The molecule has 0 atom stereocenters. The van der Waals surface area contributed by atoms with Crippen LogP contribution in [0.1, 0.15) is 26.7 Å². The quantitative estimate of drug-likeness (QED) is 0.392. The van der Waals surface area contributed by atoms with E-state index < -0.39 is 30.6 Å². The average molecular weight is 290 g/mol. The maximum atomic E-state index is 11.3. The zero-order valence-corrected chi connectivity index (χ0v) is 11.8. The Morgan fingerprint density at radius 1 is 1.10 bits per heavy atom. The number of carbonyl (C=O) groups is 2. The van der Waals surface area contributed by atoms with Crippen LogP contribution < -0.4 is 0 Å². The summed E-state index contributed by atoms with van der Waals surface area (Å²) >= 11 is 0. The molecule has 0 fully saturated rings. The van der Waals surface area contributed by atoms with Gasteiger partial charge in [0.15, 0.2) is 0 Å². The molecule has 0 unspecified atom stereocenters. The first-order valence-electron chi connectivity index (χ1n) is 6.19. The summed E-state index contributed by atoms with van der Waals surface area (Å²) in [5, 5.41) is 27.1. The van der Waals surface area contributed by atoms with Crippen molar-refractivity contribution >= 4 is 11.9 Å². The molecule has 0 saturated carbocycles. The van der Waals surface area contributed by atoms with E-state index >= 15 is 0 Å². The van der Waals surface area contributed by atoms with Gasteiger partial charge in [0, 0.05) is 0 Å². The van der Waals surface area contributed by atoms with Gasteiger partial charge in [-0.05, 0) is 19.4 Å². The number of allylic oxidation sites excluding steroid dienone is 1. The number of carbonyl (C=O) groups excluding carboxylic acids is 1. The first-order chi connectivity index (χ1) is 9.35. The molecule has 0 spiro atoms. The topological polar surface area (TPSA) is 113 Å². The van der Waals surface area contributed by atoms with Crippen molar-refractivity contribution in [2.75, 3.05) is 26.4 Å². The molecule has 20 heavy (non-hydrogen) atoms. The number of aliphatic hydroxyl groups excluding tert-OH is 2. The van der Waals surface area contributed by atoms with Gasteiger partial charge in [-0.2, -0.15) is 0 Å². The lowest BCUT2D eigenvalue weighted by molar-refractivity contribution is -0.154. The summed E-state index contributed by atoms with van der Waals surface area (Å²) in [6.45, 7) is 2.54. The highest BCUT2D eigenvalue weighted by atomic mass is 16.5. The molecule has 116 valence electrons. The van der Waals surface area contributed by atoms with E-state index in [9.17, 15) is 19.8 Å². The van der Waals surface area contributed by atoms with E-state index in [0.29, 0.717) is 0 Å². The van der Waals surface area contributed by atoms with Crippen LogP contribution in [-0.4, -0.2) is 53.7 Å². The van der Waals surface area contributed by atoms with Crippen LogP contribution in [0, 0.1) is 5.41 Å². The Balaban J connectivity index is 4.34. The highest BCUT2D eigenvalue weighted by Gasteiger charge is 2.31. The van der Waals surface area contributed by atoms with E-state index in [1.807, 2.05) is 13.8 Å². The Hall–Kier alpha value is -1.60. The Kier molecular flexibility index (Phi) is 8.58. The largest absolute Gasteiger partial charge is 0.500 e. The van der Waals surface area contributed by atoms with Crippen LogP contribution in [0.15, 0.2) is 11.8 Å². The van der Waals surface area contributed by atoms with Crippen molar-refractivity contribution in [3.8, 4) is 0 Å². The molecular formula is C13H22O7. The van der Waals surface area contributed by atoms with Crippen LogP contribution in [0.3, 0.4) is 0 Å². The molecule has 0 aliphatic rings. The molecule has 7 nitrogen and oxygen atoms in total. The highest BCUT2D eigenvalue weighted by molar-refractivity contribution is 5.76. The minimum Gasteiger partial charge on any atom is -0.500 e. The van der Waals surface area contributed by atoms with Gasteiger partial charge in [-0.3, -0.25) is 9.59 Å². The van der Waals surface area contributed by atoms with Gasteiger partial charge < -0.3 is 24.8 Å². The second-order valence-corrected chi connectivity index (χ2v) is 4.88. The smallest absolute Gasteiger partial charge is 0.306 e. The first-order valence-corrected chi connectivity index (χ1v) is 6.19. The molecule has 0 saturated heterocycles. The minimum atomic E-state index is -1.11.